The van der Waals surface area contributed by atoms with Gasteiger partial charge in [-0.1, -0.05) is 60.3 Å². The summed E-state index contributed by atoms with van der Waals surface area (Å²) in [6, 6.07) is 23.0. The van der Waals surface area contributed by atoms with E-state index >= 15 is 0 Å². The average molecular weight is 387 g/mol. The first-order valence-electron chi connectivity index (χ1n) is 8.66. The van der Waals surface area contributed by atoms with Crippen molar-refractivity contribution in [3.05, 3.63) is 90.8 Å². The number of thioether (sulfide) groups is 1. The normalized spacial score (nSPS) is 11.9. The Morgan fingerprint density at radius 2 is 1.54 bits per heavy atom. The van der Waals surface area contributed by atoms with Crippen molar-refractivity contribution in [2.45, 2.75) is 10.4 Å². The largest absolute Gasteiger partial charge is 0.368 e. The maximum atomic E-state index is 12.2. The van der Waals surface area contributed by atoms with Gasteiger partial charge in [-0.2, -0.15) is 0 Å². The van der Waals surface area contributed by atoms with E-state index in [1.54, 1.807) is 12.4 Å². The standard InChI is InChI=1S/C21H17N5OS/c22-19(27)18(15-7-3-1-4-8-15)28-21-25-24-20(16-11-13-23-14-12-16)26(21)17-9-5-2-6-10-17/h1-14,18H,(H2,22,27). The Kier molecular flexibility index (Phi) is 5.16. The number of carbonyl (C=O) groups is 1. The Balaban J connectivity index is 1.81. The van der Waals surface area contributed by atoms with Crippen molar-refractivity contribution in [2.75, 3.05) is 0 Å². The molecule has 0 spiro atoms. The van der Waals surface area contributed by atoms with Gasteiger partial charge >= 0.3 is 0 Å². The number of para-hydroxylation sites is 1. The molecule has 0 saturated heterocycles. The SMILES string of the molecule is NC(=O)C(Sc1nnc(-c2ccncc2)n1-c1ccccc1)c1ccccc1. The molecule has 2 aromatic carbocycles. The summed E-state index contributed by atoms with van der Waals surface area (Å²) >= 11 is 1.29. The van der Waals surface area contributed by atoms with E-state index in [1.807, 2.05) is 77.4 Å². The molecule has 2 aromatic heterocycles. The third-order valence-electron chi connectivity index (χ3n) is 4.17. The van der Waals surface area contributed by atoms with Crippen LogP contribution in [0.5, 0.6) is 0 Å². The summed E-state index contributed by atoms with van der Waals surface area (Å²) in [6.07, 6.45) is 3.42. The molecule has 0 radical (unpaired) electrons. The Labute approximate surface area is 166 Å². The zero-order valence-electron chi connectivity index (χ0n) is 14.8. The Morgan fingerprint density at radius 1 is 0.893 bits per heavy atom. The first kappa shape index (κ1) is 17.9. The molecule has 1 amide bonds. The van der Waals surface area contributed by atoms with Crippen LogP contribution >= 0.6 is 11.8 Å². The van der Waals surface area contributed by atoms with Gasteiger partial charge in [0.2, 0.25) is 5.91 Å². The van der Waals surface area contributed by atoms with Crippen LogP contribution in [-0.2, 0) is 4.79 Å². The van der Waals surface area contributed by atoms with Gasteiger partial charge in [-0.3, -0.25) is 14.3 Å². The summed E-state index contributed by atoms with van der Waals surface area (Å²) in [6.45, 7) is 0. The Bertz CT molecular complexity index is 1070. The van der Waals surface area contributed by atoms with Crippen LogP contribution in [0.4, 0.5) is 0 Å². The molecule has 2 heterocycles. The highest BCUT2D eigenvalue weighted by Gasteiger charge is 2.24. The second-order valence-electron chi connectivity index (χ2n) is 6.02. The monoisotopic (exact) mass is 387 g/mol. The van der Waals surface area contributed by atoms with Gasteiger partial charge in [-0.25, -0.2) is 0 Å². The fraction of sp³-hybridized carbons (Fsp3) is 0.0476. The van der Waals surface area contributed by atoms with E-state index in [9.17, 15) is 4.79 Å². The van der Waals surface area contributed by atoms with Crippen LogP contribution in [0.1, 0.15) is 10.8 Å². The third-order valence-corrected chi connectivity index (χ3v) is 5.39. The Hall–Kier alpha value is -3.45. The van der Waals surface area contributed by atoms with Gasteiger partial charge in [-0.05, 0) is 29.8 Å². The minimum absolute atomic E-state index is 0.427. The van der Waals surface area contributed by atoms with E-state index in [0.29, 0.717) is 11.0 Å². The third kappa shape index (κ3) is 3.65. The van der Waals surface area contributed by atoms with E-state index in [0.717, 1.165) is 16.8 Å². The quantitative estimate of drug-likeness (QED) is 0.510. The minimum Gasteiger partial charge on any atom is -0.368 e. The number of pyridine rings is 1. The fourth-order valence-electron chi connectivity index (χ4n) is 2.87. The molecule has 2 N–H and O–H groups in total. The number of nitrogens with zero attached hydrogens (tertiary/aromatic N) is 4. The minimum atomic E-state index is -0.571. The lowest BCUT2D eigenvalue weighted by Crippen LogP contribution is -2.19. The molecule has 0 bridgehead atoms. The first-order valence-corrected chi connectivity index (χ1v) is 9.54. The molecule has 7 heteroatoms. The van der Waals surface area contributed by atoms with E-state index in [-0.39, 0.29) is 0 Å². The van der Waals surface area contributed by atoms with Gasteiger partial charge < -0.3 is 5.73 Å². The molecule has 4 rings (SSSR count). The molecule has 6 nitrogen and oxygen atoms in total. The van der Waals surface area contributed by atoms with Gasteiger partial charge in [-0.15, -0.1) is 10.2 Å². The van der Waals surface area contributed by atoms with Crippen molar-refractivity contribution >= 4 is 17.7 Å². The molecule has 0 fully saturated rings. The van der Waals surface area contributed by atoms with E-state index in [4.69, 9.17) is 5.73 Å². The van der Waals surface area contributed by atoms with Crippen molar-refractivity contribution in [3.8, 4) is 17.1 Å². The van der Waals surface area contributed by atoms with Crippen LogP contribution in [0.15, 0.2) is 90.3 Å². The molecular formula is C21H17N5OS. The van der Waals surface area contributed by atoms with E-state index in [1.165, 1.54) is 11.8 Å². The summed E-state index contributed by atoms with van der Waals surface area (Å²) < 4.78 is 1.93. The lowest BCUT2D eigenvalue weighted by Gasteiger charge is -2.15. The number of amides is 1. The molecule has 1 unspecified atom stereocenters. The van der Waals surface area contributed by atoms with Crippen LogP contribution in [-0.4, -0.2) is 25.7 Å². The maximum Gasteiger partial charge on any atom is 0.235 e. The number of benzene rings is 2. The van der Waals surface area contributed by atoms with Crippen LogP contribution < -0.4 is 5.73 Å². The first-order chi connectivity index (χ1) is 13.7. The fourth-order valence-corrected chi connectivity index (χ4v) is 3.87. The van der Waals surface area contributed by atoms with Gasteiger partial charge in [0.05, 0.1) is 0 Å². The molecule has 28 heavy (non-hydrogen) atoms. The number of hydrogen-bond acceptors (Lipinski definition) is 5. The number of aromatic nitrogens is 4. The second-order valence-corrected chi connectivity index (χ2v) is 7.10. The van der Waals surface area contributed by atoms with E-state index < -0.39 is 11.2 Å². The summed E-state index contributed by atoms with van der Waals surface area (Å²) in [5.41, 5.74) is 8.31. The maximum absolute atomic E-state index is 12.2. The number of nitrogens with two attached hydrogens (primary N) is 1. The van der Waals surface area contributed by atoms with Gasteiger partial charge in [0.1, 0.15) is 5.25 Å². The lowest BCUT2D eigenvalue weighted by molar-refractivity contribution is -0.117. The molecule has 0 aliphatic heterocycles. The lowest BCUT2D eigenvalue weighted by atomic mass is 10.1. The summed E-state index contributed by atoms with van der Waals surface area (Å²) in [4.78, 5) is 16.2. The van der Waals surface area contributed by atoms with Crippen molar-refractivity contribution in [3.63, 3.8) is 0 Å². The molecule has 0 saturated carbocycles. The Morgan fingerprint density at radius 3 is 2.18 bits per heavy atom. The predicted molar refractivity (Wildman–Crippen MR) is 109 cm³/mol. The van der Waals surface area contributed by atoms with Crippen molar-refractivity contribution in [1.29, 1.82) is 0 Å². The van der Waals surface area contributed by atoms with Gasteiger partial charge in [0.25, 0.3) is 0 Å². The summed E-state index contributed by atoms with van der Waals surface area (Å²) in [5.74, 6) is 0.247. The number of primary amides is 1. The summed E-state index contributed by atoms with van der Waals surface area (Å²) in [7, 11) is 0. The molecule has 4 aromatic rings. The topological polar surface area (TPSA) is 86.7 Å². The molecule has 1 atom stereocenters. The van der Waals surface area contributed by atoms with Crippen LogP contribution in [0.25, 0.3) is 17.1 Å². The van der Waals surface area contributed by atoms with Gasteiger partial charge in [0, 0.05) is 23.6 Å². The highest BCUT2D eigenvalue weighted by molar-refractivity contribution is 8.00. The van der Waals surface area contributed by atoms with Crippen LogP contribution in [0.3, 0.4) is 0 Å². The molecule has 0 aliphatic rings. The van der Waals surface area contributed by atoms with Gasteiger partial charge in [0.15, 0.2) is 11.0 Å². The van der Waals surface area contributed by atoms with Crippen molar-refractivity contribution < 1.29 is 4.79 Å². The van der Waals surface area contributed by atoms with E-state index in [2.05, 4.69) is 15.2 Å². The highest BCUT2D eigenvalue weighted by Crippen LogP contribution is 2.37. The second kappa shape index (κ2) is 8.06. The zero-order chi connectivity index (χ0) is 19.3. The van der Waals surface area contributed by atoms with Crippen LogP contribution in [0.2, 0.25) is 0 Å². The van der Waals surface area contributed by atoms with Crippen LogP contribution in [0, 0.1) is 0 Å². The average Bonchev–Trinajstić information content (AvgIpc) is 3.17. The smallest absolute Gasteiger partial charge is 0.235 e. The highest BCUT2D eigenvalue weighted by atomic mass is 32.2. The predicted octanol–water partition coefficient (Wildman–Crippen LogP) is 3.65. The molecule has 138 valence electrons. The molecule has 0 aliphatic carbocycles. The summed E-state index contributed by atoms with van der Waals surface area (Å²) in [5, 5.41) is 8.76. The molecular weight excluding hydrogens is 370 g/mol. The number of hydrogen-bond donors (Lipinski definition) is 1. The number of carbonyl (C=O) groups excluding carboxylic acids is 1. The van der Waals surface area contributed by atoms with Crippen molar-refractivity contribution in [2.24, 2.45) is 5.73 Å². The number of rotatable bonds is 6. The zero-order valence-corrected chi connectivity index (χ0v) is 15.7. The van der Waals surface area contributed by atoms with Crippen molar-refractivity contribution in [1.82, 2.24) is 19.7 Å².